The van der Waals surface area contributed by atoms with Gasteiger partial charge in [0.2, 0.25) is 5.76 Å². The number of carboxylic acids is 1. The molecule has 1 aromatic carbocycles. The molecule has 1 aliphatic heterocycles. The van der Waals surface area contributed by atoms with Crippen molar-refractivity contribution in [2.45, 2.75) is 6.42 Å². The number of aromatic carboxylic acids is 1. The van der Waals surface area contributed by atoms with Crippen molar-refractivity contribution in [3.8, 4) is 0 Å². The Balaban J connectivity index is 0.00000176. The van der Waals surface area contributed by atoms with E-state index in [-0.39, 0.29) is 18.2 Å². The third kappa shape index (κ3) is 2.96. The molecule has 0 aliphatic carbocycles. The van der Waals surface area contributed by atoms with Gasteiger partial charge in [0.25, 0.3) is 0 Å². The highest BCUT2D eigenvalue weighted by atomic mass is 35.5. The molecule has 1 aromatic heterocycles. The van der Waals surface area contributed by atoms with Crippen LogP contribution in [0.5, 0.6) is 0 Å². The Bertz CT molecular complexity index is 690. The number of hydrogen-bond donors (Lipinski definition) is 2. The predicted octanol–water partition coefficient (Wildman–Crippen LogP) is 2.69. The summed E-state index contributed by atoms with van der Waals surface area (Å²) in [4.78, 5) is 13.6. The Hall–Kier alpha value is -1.98. The van der Waals surface area contributed by atoms with Crippen molar-refractivity contribution in [2.75, 3.05) is 31.1 Å². The monoisotopic (exact) mass is 322 g/mol. The Labute approximate surface area is 135 Å². The molecular weight excluding hydrogens is 304 g/mol. The van der Waals surface area contributed by atoms with Gasteiger partial charge in [-0.05, 0) is 24.6 Å². The summed E-state index contributed by atoms with van der Waals surface area (Å²) in [6.45, 7) is 7.53. The molecule has 0 atom stereocenters. The maximum Gasteiger partial charge on any atom is 0.372 e. The van der Waals surface area contributed by atoms with E-state index in [1.165, 1.54) is 0 Å². The minimum Gasteiger partial charge on any atom is -0.475 e. The van der Waals surface area contributed by atoms with Crippen LogP contribution in [0.1, 0.15) is 16.1 Å². The lowest BCUT2D eigenvalue weighted by Gasteiger charge is -2.29. The Morgan fingerprint density at radius 1 is 1.41 bits per heavy atom. The van der Waals surface area contributed by atoms with Gasteiger partial charge in [0, 0.05) is 42.8 Å². The highest BCUT2D eigenvalue weighted by Crippen LogP contribution is 2.30. The average Bonchev–Trinajstić information content (AvgIpc) is 2.87. The van der Waals surface area contributed by atoms with E-state index in [1.54, 1.807) is 6.08 Å². The topological polar surface area (TPSA) is 65.7 Å². The van der Waals surface area contributed by atoms with Crippen molar-refractivity contribution in [3.05, 3.63) is 42.2 Å². The van der Waals surface area contributed by atoms with E-state index in [4.69, 9.17) is 4.42 Å². The first-order valence-corrected chi connectivity index (χ1v) is 7.06. The van der Waals surface area contributed by atoms with Crippen LogP contribution in [0.15, 0.2) is 35.3 Å². The fraction of sp³-hybridized carbons (Fsp3) is 0.312. The molecule has 6 heteroatoms. The second-order valence-corrected chi connectivity index (χ2v) is 5.13. The summed E-state index contributed by atoms with van der Waals surface area (Å²) < 4.78 is 5.48. The molecule has 1 saturated heterocycles. The summed E-state index contributed by atoms with van der Waals surface area (Å²) in [5, 5.41) is 13.5. The summed E-state index contributed by atoms with van der Waals surface area (Å²) in [6, 6.07) is 5.86. The highest BCUT2D eigenvalue weighted by molar-refractivity contribution is 5.96. The number of nitrogens with one attached hydrogen (secondary N) is 1. The number of allylic oxidation sites excluding steroid dienone is 1. The molecular formula is C16H19ClN2O3. The number of halogens is 1. The lowest BCUT2D eigenvalue weighted by molar-refractivity contribution is 0.0663. The Morgan fingerprint density at radius 2 is 2.14 bits per heavy atom. The van der Waals surface area contributed by atoms with Crippen LogP contribution >= 0.6 is 12.4 Å². The van der Waals surface area contributed by atoms with Crippen molar-refractivity contribution < 1.29 is 14.3 Å². The summed E-state index contributed by atoms with van der Waals surface area (Å²) in [7, 11) is 0. The Kier molecular flexibility index (Phi) is 5.11. The first kappa shape index (κ1) is 16.4. The van der Waals surface area contributed by atoms with Gasteiger partial charge in [-0.3, -0.25) is 0 Å². The number of carboxylic acid groups (broad SMARTS) is 1. The van der Waals surface area contributed by atoms with E-state index < -0.39 is 5.97 Å². The molecule has 2 heterocycles. The summed E-state index contributed by atoms with van der Waals surface area (Å²) in [5.74, 6) is -1.02. The van der Waals surface area contributed by atoms with Gasteiger partial charge in [0.05, 0.1) is 0 Å². The van der Waals surface area contributed by atoms with Crippen LogP contribution in [0, 0.1) is 0 Å². The number of hydrogen-bond acceptors (Lipinski definition) is 4. The standard InChI is InChI=1S/C16H18N2O3.ClH/c1-2-3-12-13-10-11(18-8-6-17-7-9-18)4-5-14(13)21-15(12)16(19)20;/h2,4-5,10,17H,1,3,6-9H2,(H,19,20);1H. The van der Waals surface area contributed by atoms with Crippen molar-refractivity contribution in [1.82, 2.24) is 5.32 Å². The molecule has 2 N–H and O–H groups in total. The molecule has 22 heavy (non-hydrogen) atoms. The van der Waals surface area contributed by atoms with Crippen LogP contribution in [-0.2, 0) is 6.42 Å². The van der Waals surface area contributed by atoms with Crippen LogP contribution in [0.4, 0.5) is 5.69 Å². The van der Waals surface area contributed by atoms with Crippen LogP contribution < -0.4 is 10.2 Å². The molecule has 0 saturated carbocycles. The van der Waals surface area contributed by atoms with E-state index in [0.717, 1.165) is 37.3 Å². The number of carbonyl (C=O) groups is 1. The molecule has 2 aromatic rings. The van der Waals surface area contributed by atoms with E-state index in [2.05, 4.69) is 16.8 Å². The number of anilines is 1. The van der Waals surface area contributed by atoms with Gasteiger partial charge in [-0.15, -0.1) is 19.0 Å². The molecule has 0 unspecified atom stereocenters. The van der Waals surface area contributed by atoms with E-state index >= 15 is 0 Å². The molecule has 0 radical (unpaired) electrons. The van der Waals surface area contributed by atoms with E-state index in [9.17, 15) is 9.90 Å². The maximum atomic E-state index is 11.3. The number of fused-ring (bicyclic) bond motifs is 1. The summed E-state index contributed by atoms with van der Waals surface area (Å²) >= 11 is 0. The maximum absolute atomic E-state index is 11.3. The normalized spacial score (nSPS) is 14.6. The predicted molar refractivity (Wildman–Crippen MR) is 89.4 cm³/mol. The summed E-state index contributed by atoms with van der Waals surface area (Å²) in [5.41, 5.74) is 2.42. The minimum atomic E-state index is -1.04. The molecule has 0 amide bonds. The third-order valence-electron chi connectivity index (χ3n) is 3.80. The number of furan rings is 1. The van der Waals surface area contributed by atoms with E-state index in [0.29, 0.717) is 17.6 Å². The second-order valence-electron chi connectivity index (χ2n) is 5.13. The quantitative estimate of drug-likeness (QED) is 0.847. The van der Waals surface area contributed by atoms with Gasteiger partial charge in [-0.25, -0.2) is 4.79 Å². The third-order valence-corrected chi connectivity index (χ3v) is 3.80. The van der Waals surface area contributed by atoms with Crippen molar-refractivity contribution in [2.24, 2.45) is 0 Å². The van der Waals surface area contributed by atoms with Crippen LogP contribution in [0.3, 0.4) is 0 Å². The molecule has 3 rings (SSSR count). The SMILES string of the molecule is C=CCc1c(C(=O)O)oc2ccc(N3CCNCC3)cc12.Cl. The zero-order valence-electron chi connectivity index (χ0n) is 12.2. The molecule has 118 valence electrons. The van der Waals surface area contributed by atoms with Crippen LogP contribution in [0.25, 0.3) is 11.0 Å². The second kappa shape index (κ2) is 6.85. The molecule has 5 nitrogen and oxygen atoms in total. The van der Waals surface area contributed by atoms with Crippen molar-refractivity contribution >= 4 is 35.0 Å². The van der Waals surface area contributed by atoms with Gasteiger partial charge in [0.1, 0.15) is 5.58 Å². The number of piperazine rings is 1. The van der Waals surface area contributed by atoms with Crippen molar-refractivity contribution in [3.63, 3.8) is 0 Å². The smallest absolute Gasteiger partial charge is 0.372 e. The van der Waals surface area contributed by atoms with E-state index in [1.807, 2.05) is 18.2 Å². The lowest BCUT2D eigenvalue weighted by atomic mass is 10.1. The average molecular weight is 323 g/mol. The number of benzene rings is 1. The molecule has 1 fully saturated rings. The number of rotatable bonds is 4. The van der Waals surface area contributed by atoms with Crippen LogP contribution in [-0.4, -0.2) is 37.3 Å². The highest BCUT2D eigenvalue weighted by Gasteiger charge is 2.20. The fourth-order valence-electron chi connectivity index (χ4n) is 2.78. The van der Waals surface area contributed by atoms with Gasteiger partial charge in [-0.2, -0.15) is 0 Å². The minimum absolute atomic E-state index is 0. The van der Waals surface area contributed by atoms with Gasteiger partial charge in [-0.1, -0.05) is 6.08 Å². The van der Waals surface area contributed by atoms with Gasteiger partial charge in [0.15, 0.2) is 0 Å². The number of nitrogens with zero attached hydrogens (tertiary/aromatic N) is 1. The summed E-state index contributed by atoms with van der Waals surface area (Å²) in [6.07, 6.45) is 2.19. The van der Waals surface area contributed by atoms with Gasteiger partial charge < -0.3 is 19.7 Å². The molecule has 1 aliphatic rings. The van der Waals surface area contributed by atoms with Crippen LogP contribution in [0.2, 0.25) is 0 Å². The largest absolute Gasteiger partial charge is 0.475 e. The first-order valence-electron chi connectivity index (χ1n) is 7.06. The molecule has 0 bridgehead atoms. The Morgan fingerprint density at radius 3 is 2.77 bits per heavy atom. The fourth-order valence-corrected chi connectivity index (χ4v) is 2.78. The first-order chi connectivity index (χ1) is 10.2. The zero-order valence-corrected chi connectivity index (χ0v) is 13.0. The molecule has 0 spiro atoms. The van der Waals surface area contributed by atoms with Gasteiger partial charge >= 0.3 is 5.97 Å². The van der Waals surface area contributed by atoms with Crippen molar-refractivity contribution in [1.29, 1.82) is 0 Å². The zero-order chi connectivity index (χ0) is 14.8. The lowest BCUT2D eigenvalue weighted by Crippen LogP contribution is -2.43.